The summed E-state index contributed by atoms with van der Waals surface area (Å²) in [5.74, 6) is 0.227. The molecule has 0 radical (unpaired) electrons. The molecule has 0 spiro atoms. The molecule has 0 saturated carbocycles. The highest BCUT2D eigenvalue weighted by atomic mass is 16.2. The van der Waals surface area contributed by atoms with Gasteiger partial charge in [0.05, 0.1) is 6.42 Å². The van der Waals surface area contributed by atoms with Crippen molar-refractivity contribution >= 4 is 11.8 Å². The predicted octanol–water partition coefficient (Wildman–Crippen LogP) is -0.545. The summed E-state index contributed by atoms with van der Waals surface area (Å²) in [4.78, 5) is 23.4. The zero-order valence-corrected chi connectivity index (χ0v) is 6.17. The van der Waals surface area contributed by atoms with Crippen molar-refractivity contribution in [1.29, 1.82) is 0 Å². The van der Waals surface area contributed by atoms with Crippen molar-refractivity contribution in [2.24, 2.45) is 0 Å². The Morgan fingerprint density at radius 2 is 2.18 bits per heavy atom. The zero-order chi connectivity index (χ0) is 7.84. The number of β-lactam (4-membered cyclic amide) rings is 1. The Morgan fingerprint density at radius 1 is 1.45 bits per heavy atom. The van der Waals surface area contributed by atoms with Gasteiger partial charge < -0.3 is 10.2 Å². The quantitative estimate of drug-likeness (QED) is 0.515. The van der Waals surface area contributed by atoms with Crippen molar-refractivity contribution in [1.82, 2.24) is 10.2 Å². The molecule has 2 saturated heterocycles. The lowest BCUT2D eigenvalue weighted by Crippen LogP contribution is -2.58. The van der Waals surface area contributed by atoms with Crippen molar-refractivity contribution in [3.05, 3.63) is 0 Å². The first-order valence-corrected chi connectivity index (χ1v) is 3.86. The number of hydrogen-bond donors (Lipinski definition) is 1. The number of carbonyl (C=O) groups is 2. The second kappa shape index (κ2) is 2.22. The Labute approximate surface area is 64.5 Å². The first kappa shape index (κ1) is 6.64. The number of nitrogens with zero attached hydrogens (tertiary/aromatic N) is 1. The van der Waals surface area contributed by atoms with Crippen LogP contribution in [0.4, 0.5) is 0 Å². The number of nitrogens with one attached hydrogen (secondary N) is 1. The maximum absolute atomic E-state index is 11.1. The van der Waals surface area contributed by atoms with E-state index < -0.39 is 0 Å². The minimum Gasteiger partial charge on any atom is -0.335 e. The van der Waals surface area contributed by atoms with Crippen LogP contribution in [0.25, 0.3) is 0 Å². The normalized spacial score (nSPS) is 30.2. The highest BCUT2D eigenvalue weighted by Crippen LogP contribution is 2.18. The molecule has 0 aromatic carbocycles. The Morgan fingerprint density at radius 3 is 2.64 bits per heavy atom. The SMILES string of the molecule is O=C1CC(N2CCCC2=O)N1. The summed E-state index contributed by atoms with van der Waals surface area (Å²) in [6.07, 6.45) is 2.08. The Bertz CT molecular complexity index is 206. The summed E-state index contributed by atoms with van der Waals surface area (Å²) in [6, 6.07) is 0. The fourth-order valence-corrected chi connectivity index (χ4v) is 1.53. The molecule has 1 atom stereocenters. The van der Waals surface area contributed by atoms with E-state index in [1.54, 1.807) is 4.90 Å². The van der Waals surface area contributed by atoms with E-state index in [0.29, 0.717) is 12.8 Å². The third-order valence-corrected chi connectivity index (χ3v) is 2.19. The molecule has 1 N–H and O–H groups in total. The minimum absolute atomic E-state index is 0.0116. The van der Waals surface area contributed by atoms with E-state index >= 15 is 0 Å². The Hall–Kier alpha value is -1.06. The van der Waals surface area contributed by atoms with E-state index in [9.17, 15) is 9.59 Å². The number of likely N-dealkylation sites (tertiary alicyclic amines) is 1. The summed E-state index contributed by atoms with van der Waals surface area (Å²) in [5, 5.41) is 2.68. The van der Waals surface area contributed by atoms with Crippen molar-refractivity contribution < 1.29 is 9.59 Å². The van der Waals surface area contributed by atoms with Gasteiger partial charge in [-0.2, -0.15) is 0 Å². The predicted molar refractivity (Wildman–Crippen MR) is 37.5 cm³/mol. The monoisotopic (exact) mass is 154 g/mol. The molecular weight excluding hydrogens is 144 g/mol. The van der Waals surface area contributed by atoms with Crippen LogP contribution in [-0.2, 0) is 9.59 Å². The standard InChI is InChI=1S/C7H10N2O2/c10-6-4-5(8-6)9-3-1-2-7(9)11/h5H,1-4H2,(H,8,10). The van der Waals surface area contributed by atoms with Crippen LogP contribution in [-0.4, -0.2) is 29.4 Å². The molecule has 0 aliphatic carbocycles. The zero-order valence-electron chi connectivity index (χ0n) is 6.17. The maximum atomic E-state index is 11.1. The van der Waals surface area contributed by atoms with Gasteiger partial charge in [-0.3, -0.25) is 9.59 Å². The first-order valence-electron chi connectivity index (χ1n) is 3.86. The average Bonchev–Trinajstić information content (AvgIpc) is 2.29. The Kier molecular flexibility index (Phi) is 1.34. The molecular formula is C7H10N2O2. The molecule has 0 aromatic rings. The van der Waals surface area contributed by atoms with Crippen molar-refractivity contribution in [2.75, 3.05) is 6.54 Å². The molecule has 0 bridgehead atoms. The summed E-state index contributed by atoms with van der Waals surface area (Å²) >= 11 is 0. The summed E-state index contributed by atoms with van der Waals surface area (Å²) < 4.78 is 0. The van der Waals surface area contributed by atoms with E-state index in [0.717, 1.165) is 13.0 Å². The summed E-state index contributed by atoms with van der Waals surface area (Å²) in [5.41, 5.74) is 0. The number of hydrogen-bond acceptors (Lipinski definition) is 2. The second-order valence-electron chi connectivity index (χ2n) is 2.98. The molecule has 2 aliphatic rings. The average molecular weight is 154 g/mol. The van der Waals surface area contributed by atoms with Crippen LogP contribution in [0.2, 0.25) is 0 Å². The maximum Gasteiger partial charge on any atom is 0.225 e. The Balaban J connectivity index is 1.95. The van der Waals surface area contributed by atoms with Gasteiger partial charge in [0.1, 0.15) is 6.17 Å². The van der Waals surface area contributed by atoms with Gasteiger partial charge in [-0.05, 0) is 6.42 Å². The van der Waals surface area contributed by atoms with Crippen LogP contribution in [0.15, 0.2) is 0 Å². The summed E-state index contributed by atoms with van der Waals surface area (Å²) in [7, 11) is 0. The van der Waals surface area contributed by atoms with E-state index in [2.05, 4.69) is 5.32 Å². The van der Waals surface area contributed by atoms with Gasteiger partial charge in [0, 0.05) is 13.0 Å². The van der Waals surface area contributed by atoms with Crippen LogP contribution in [0.1, 0.15) is 19.3 Å². The molecule has 4 heteroatoms. The minimum atomic E-state index is 0.0116. The van der Waals surface area contributed by atoms with E-state index in [-0.39, 0.29) is 18.0 Å². The van der Waals surface area contributed by atoms with Gasteiger partial charge in [0.15, 0.2) is 0 Å². The van der Waals surface area contributed by atoms with Crippen molar-refractivity contribution in [2.45, 2.75) is 25.4 Å². The summed E-state index contributed by atoms with van der Waals surface area (Å²) in [6.45, 7) is 0.809. The molecule has 2 fully saturated rings. The van der Waals surface area contributed by atoms with Crippen molar-refractivity contribution in [3.8, 4) is 0 Å². The third-order valence-electron chi connectivity index (χ3n) is 2.19. The van der Waals surface area contributed by atoms with E-state index in [1.165, 1.54) is 0 Å². The molecule has 2 aliphatic heterocycles. The highest BCUT2D eigenvalue weighted by Gasteiger charge is 2.35. The van der Waals surface area contributed by atoms with E-state index in [4.69, 9.17) is 0 Å². The third kappa shape index (κ3) is 0.982. The lowest BCUT2D eigenvalue weighted by molar-refractivity contribution is -0.140. The van der Waals surface area contributed by atoms with Gasteiger partial charge >= 0.3 is 0 Å². The van der Waals surface area contributed by atoms with Crippen LogP contribution in [0.5, 0.6) is 0 Å². The van der Waals surface area contributed by atoms with Crippen LogP contribution < -0.4 is 5.32 Å². The molecule has 2 heterocycles. The molecule has 2 amide bonds. The molecule has 2 rings (SSSR count). The lowest BCUT2D eigenvalue weighted by atomic mass is 10.2. The fraction of sp³-hybridized carbons (Fsp3) is 0.714. The molecule has 1 unspecified atom stereocenters. The van der Waals surface area contributed by atoms with Gasteiger partial charge in [0.25, 0.3) is 0 Å². The van der Waals surface area contributed by atoms with Crippen molar-refractivity contribution in [3.63, 3.8) is 0 Å². The first-order chi connectivity index (χ1) is 5.27. The van der Waals surface area contributed by atoms with Gasteiger partial charge in [-0.15, -0.1) is 0 Å². The number of carbonyl (C=O) groups excluding carboxylic acids is 2. The molecule has 60 valence electrons. The molecule has 0 aromatic heterocycles. The number of rotatable bonds is 1. The van der Waals surface area contributed by atoms with E-state index in [1.807, 2.05) is 0 Å². The lowest BCUT2D eigenvalue weighted by Gasteiger charge is -2.34. The van der Waals surface area contributed by atoms with Gasteiger partial charge in [-0.1, -0.05) is 0 Å². The van der Waals surface area contributed by atoms with Gasteiger partial charge in [-0.25, -0.2) is 0 Å². The smallest absolute Gasteiger partial charge is 0.225 e. The second-order valence-corrected chi connectivity index (χ2v) is 2.98. The fourth-order valence-electron chi connectivity index (χ4n) is 1.53. The highest BCUT2D eigenvalue weighted by molar-refractivity contribution is 5.86. The molecule has 4 nitrogen and oxygen atoms in total. The largest absolute Gasteiger partial charge is 0.335 e. The number of amides is 2. The topological polar surface area (TPSA) is 49.4 Å². The van der Waals surface area contributed by atoms with Crippen LogP contribution in [0, 0.1) is 0 Å². The molecule has 11 heavy (non-hydrogen) atoms. The van der Waals surface area contributed by atoms with Gasteiger partial charge in [0.2, 0.25) is 11.8 Å². The van der Waals surface area contributed by atoms with Crippen LogP contribution in [0.3, 0.4) is 0 Å². The van der Waals surface area contributed by atoms with Crippen LogP contribution >= 0.6 is 0 Å².